The summed E-state index contributed by atoms with van der Waals surface area (Å²) in [6, 6.07) is 10.1. The molecule has 0 amide bonds. The molecule has 0 aliphatic carbocycles. The second-order valence-electron chi connectivity index (χ2n) is 7.12. The van der Waals surface area contributed by atoms with Gasteiger partial charge in [-0.3, -0.25) is 0 Å². The molecule has 3 rings (SSSR count). The summed E-state index contributed by atoms with van der Waals surface area (Å²) < 4.78 is 3.87. The van der Waals surface area contributed by atoms with Crippen LogP contribution in [0, 0.1) is 6.92 Å². The predicted octanol–water partition coefficient (Wildman–Crippen LogP) is 3.26. The van der Waals surface area contributed by atoms with Gasteiger partial charge in [0.25, 0.3) is 0 Å². The lowest BCUT2D eigenvalue weighted by atomic mass is 10.3. The third kappa shape index (κ3) is 7.23. The minimum absolute atomic E-state index is 0. The van der Waals surface area contributed by atoms with Gasteiger partial charge in [0.05, 0.1) is 11.9 Å². The number of halogens is 1. The van der Waals surface area contributed by atoms with Gasteiger partial charge in [-0.05, 0) is 37.5 Å². The highest BCUT2D eigenvalue weighted by molar-refractivity contribution is 14.0. The van der Waals surface area contributed by atoms with Gasteiger partial charge in [0, 0.05) is 38.9 Å². The first-order valence-corrected chi connectivity index (χ1v) is 11.4. The second kappa shape index (κ2) is 12.7. The van der Waals surface area contributed by atoms with Crippen LogP contribution in [0.4, 0.5) is 0 Å². The average Bonchev–Trinajstić information content (AvgIpc) is 3.35. The number of aromatic nitrogens is 5. The third-order valence-corrected chi connectivity index (χ3v) is 5.50. The van der Waals surface area contributed by atoms with E-state index in [1.165, 1.54) is 0 Å². The Labute approximate surface area is 205 Å². The standard InChI is InChI=1S/C21H30N8S.HI/c1-17-25-26-20(28(17)3)14-23-21(22-11-8-12-30-4)27(2)15-18-13-24-29(16-18)19-9-6-5-7-10-19;/h5-7,9-10,13,16H,8,11-12,14-15H2,1-4H3,(H,22,23);1H. The molecule has 8 nitrogen and oxygen atoms in total. The molecule has 0 unspecified atom stereocenters. The second-order valence-corrected chi connectivity index (χ2v) is 8.11. The van der Waals surface area contributed by atoms with Gasteiger partial charge in [-0.2, -0.15) is 16.9 Å². The first-order valence-electron chi connectivity index (χ1n) is 10.0. The largest absolute Gasteiger partial charge is 0.356 e. The fourth-order valence-corrected chi connectivity index (χ4v) is 3.41. The predicted molar refractivity (Wildman–Crippen MR) is 138 cm³/mol. The van der Waals surface area contributed by atoms with E-state index in [4.69, 9.17) is 4.99 Å². The van der Waals surface area contributed by atoms with Crippen LogP contribution in [0.25, 0.3) is 5.69 Å². The summed E-state index contributed by atoms with van der Waals surface area (Å²) in [4.78, 5) is 6.92. The van der Waals surface area contributed by atoms with Gasteiger partial charge in [0.1, 0.15) is 12.4 Å². The Morgan fingerprint density at radius 2 is 2.00 bits per heavy atom. The van der Waals surface area contributed by atoms with Crippen molar-refractivity contribution >= 4 is 41.7 Å². The van der Waals surface area contributed by atoms with Crippen LogP contribution in [-0.4, -0.2) is 61.0 Å². The number of guanidine groups is 1. The topological polar surface area (TPSA) is 76.2 Å². The van der Waals surface area contributed by atoms with Gasteiger partial charge in [0.15, 0.2) is 11.8 Å². The lowest BCUT2D eigenvalue weighted by Crippen LogP contribution is -2.39. The van der Waals surface area contributed by atoms with Crippen molar-refractivity contribution in [3.05, 3.63) is 59.9 Å². The Kier molecular flexibility index (Phi) is 10.3. The van der Waals surface area contributed by atoms with E-state index in [2.05, 4.69) is 38.0 Å². The fraction of sp³-hybridized carbons (Fsp3) is 0.429. The summed E-state index contributed by atoms with van der Waals surface area (Å²) in [7, 11) is 4.01. The molecule has 1 N–H and O–H groups in total. The SMILES string of the molecule is CSCCCNC(=NCc1nnc(C)n1C)N(C)Cc1cnn(-c2ccccc2)c1.I. The highest BCUT2D eigenvalue weighted by atomic mass is 127. The molecule has 2 aromatic heterocycles. The van der Waals surface area contributed by atoms with Crippen LogP contribution in [0.2, 0.25) is 0 Å². The molecule has 31 heavy (non-hydrogen) atoms. The molecule has 2 heterocycles. The van der Waals surface area contributed by atoms with Crippen LogP contribution in [0.5, 0.6) is 0 Å². The summed E-state index contributed by atoms with van der Waals surface area (Å²) in [5.74, 6) is 3.71. The third-order valence-electron chi connectivity index (χ3n) is 4.80. The zero-order valence-corrected chi connectivity index (χ0v) is 21.7. The van der Waals surface area contributed by atoms with E-state index in [9.17, 15) is 0 Å². The molecule has 1 aromatic carbocycles. The Morgan fingerprint density at radius 3 is 2.68 bits per heavy atom. The number of aliphatic imine (C=N–C) groups is 1. The van der Waals surface area contributed by atoms with Gasteiger partial charge >= 0.3 is 0 Å². The van der Waals surface area contributed by atoms with Crippen LogP contribution in [0.15, 0.2) is 47.7 Å². The average molecular weight is 555 g/mol. The van der Waals surface area contributed by atoms with Crippen LogP contribution in [0.3, 0.4) is 0 Å². The number of thioether (sulfide) groups is 1. The quantitative estimate of drug-likeness (QED) is 0.190. The minimum atomic E-state index is 0. The van der Waals surface area contributed by atoms with Gasteiger partial charge < -0.3 is 14.8 Å². The number of hydrogen-bond acceptors (Lipinski definition) is 5. The molecule has 0 aliphatic rings. The summed E-state index contributed by atoms with van der Waals surface area (Å²) in [6.07, 6.45) is 7.18. The molecule has 0 atom stereocenters. The smallest absolute Gasteiger partial charge is 0.194 e. The van der Waals surface area contributed by atoms with Crippen molar-refractivity contribution in [2.45, 2.75) is 26.4 Å². The van der Waals surface area contributed by atoms with E-state index in [1.54, 1.807) is 0 Å². The molecule has 0 radical (unpaired) electrons. The highest BCUT2D eigenvalue weighted by Crippen LogP contribution is 2.10. The van der Waals surface area contributed by atoms with Crippen LogP contribution in [0.1, 0.15) is 23.6 Å². The summed E-state index contributed by atoms with van der Waals surface area (Å²) >= 11 is 1.85. The molecule has 0 saturated carbocycles. The van der Waals surface area contributed by atoms with Gasteiger partial charge in [-0.15, -0.1) is 34.2 Å². The summed E-state index contributed by atoms with van der Waals surface area (Å²) in [6.45, 7) is 4.01. The maximum Gasteiger partial charge on any atom is 0.194 e. The van der Waals surface area contributed by atoms with Crippen molar-refractivity contribution < 1.29 is 0 Å². The number of para-hydroxylation sites is 1. The highest BCUT2D eigenvalue weighted by Gasteiger charge is 2.11. The van der Waals surface area contributed by atoms with Crippen molar-refractivity contribution in [3.63, 3.8) is 0 Å². The normalized spacial score (nSPS) is 11.3. The van der Waals surface area contributed by atoms with E-state index in [1.807, 2.05) is 78.6 Å². The zero-order valence-electron chi connectivity index (χ0n) is 18.5. The molecular formula is C21H31IN8S. The van der Waals surface area contributed by atoms with Crippen molar-refractivity contribution in [1.29, 1.82) is 0 Å². The van der Waals surface area contributed by atoms with Crippen molar-refractivity contribution in [2.75, 3.05) is 25.6 Å². The Balaban J connectivity index is 0.00000341. The molecule has 3 aromatic rings. The monoisotopic (exact) mass is 554 g/mol. The number of hydrogen-bond donors (Lipinski definition) is 1. The number of nitrogens with one attached hydrogen (secondary N) is 1. The van der Waals surface area contributed by atoms with Crippen molar-refractivity contribution in [2.24, 2.45) is 12.0 Å². The molecular weight excluding hydrogens is 523 g/mol. The summed E-state index contributed by atoms with van der Waals surface area (Å²) in [5, 5.41) is 16.3. The number of rotatable bonds is 9. The number of benzene rings is 1. The van der Waals surface area contributed by atoms with E-state index < -0.39 is 0 Å². The molecule has 0 fully saturated rings. The van der Waals surface area contributed by atoms with Crippen LogP contribution in [-0.2, 0) is 20.1 Å². The molecule has 0 saturated heterocycles. The summed E-state index contributed by atoms with van der Waals surface area (Å²) in [5.41, 5.74) is 2.17. The number of nitrogens with zero attached hydrogens (tertiary/aromatic N) is 7. The Morgan fingerprint density at radius 1 is 1.23 bits per heavy atom. The maximum absolute atomic E-state index is 4.80. The molecule has 168 valence electrons. The first-order chi connectivity index (χ1) is 14.6. The molecule has 0 spiro atoms. The first kappa shape index (κ1) is 25.2. The van der Waals surface area contributed by atoms with E-state index in [0.717, 1.165) is 47.6 Å². The van der Waals surface area contributed by atoms with Crippen LogP contribution < -0.4 is 5.32 Å². The lowest BCUT2D eigenvalue weighted by molar-refractivity contribution is 0.474. The van der Waals surface area contributed by atoms with Crippen molar-refractivity contribution in [1.82, 2.24) is 34.8 Å². The lowest BCUT2D eigenvalue weighted by Gasteiger charge is -2.22. The Bertz CT molecular complexity index is 953. The molecule has 10 heteroatoms. The minimum Gasteiger partial charge on any atom is -0.356 e. The van der Waals surface area contributed by atoms with Gasteiger partial charge in [0.2, 0.25) is 0 Å². The van der Waals surface area contributed by atoms with Crippen LogP contribution >= 0.6 is 35.7 Å². The van der Waals surface area contributed by atoms with E-state index in [-0.39, 0.29) is 24.0 Å². The van der Waals surface area contributed by atoms with E-state index >= 15 is 0 Å². The zero-order chi connectivity index (χ0) is 21.3. The Hall–Kier alpha value is -2.08. The fourth-order valence-electron chi connectivity index (χ4n) is 2.97. The van der Waals surface area contributed by atoms with E-state index in [0.29, 0.717) is 13.1 Å². The van der Waals surface area contributed by atoms with Gasteiger partial charge in [-0.1, -0.05) is 18.2 Å². The van der Waals surface area contributed by atoms with Gasteiger partial charge in [-0.25, -0.2) is 9.67 Å². The number of aryl methyl sites for hydroxylation is 1. The maximum atomic E-state index is 4.80. The molecule has 0 bridgehead atoms. The van der Waals surface area contributed by atoms with Crippen molar-refractivity contribution in [3.8, 4) is 5.69 Å². The molecule has 0 aliphatic heterocycles.